The van der Waals surface area contributed by atoms with E-state index in [0.29, 0.717) is 32.2 Å². The standard InChI is InChI=1S/C29H33BrF4N4O4/c1-36(23-13-19(29(32,33)34)12-20(30)14-23)28(41)37(2)25-16-38(15-24(25)17-4-8-21(31)9-5-17)26(39)18-6-10-22(11-7-18)35-27(40)42-3/h4-5,8-9,12-14,18,22,24-25H,6-7,10-11,15-16H2,1-3H3,(H,35,40)/t18?,22?,24-,25+/m0/s1. The molecule has 1 saturated carbocycles. The molecule has 0 aromatic heterocycles. The highest BCUT2D eigenvalue weighted by molar-refractivity contribution is 9.10. The van der Waals surface area contributed by atoms with Gasteiger partial charge in [0.25, 0.3) is 0 Å². The Balaban J connectivity index is 1.53. The van der Waals surface area contributed by atoms with Crippen molar-refractivity contribution in [2.45, 2.75) is 49.9 Å². The molecule has 0 radical (unpaired) electrons. The summed E-state index contributed by atoms with van der Waals surface area (Å²) in [5.41, 5.74) is -0.102. The fraction of sp³-hybridized carbons (Fsp3) is 0.483. The molecule has 1 N–H and O–H groups in total. The van der Waals surface area contributed by atoms with Gasteiger partial charge in [0.05, 0.1) is 18.7 Å². The van der Waals surface area contributed by atoms with Gasteiger partial charge in [-0.05, 0) is 61.6 Å². The van der Waals surface area contributed by atoms with Crippen LogP contribution in [0.1, 0.15) is 42.7 Å². The summed E-state index contributed by atoms with van der Waals surface area (Å²) in [4.78, 5) is 43.1. The van der Waals surface area contributed by atoms with Crippen molar-refractivity contribution < 1.29 is 36.7 Å². The lowest BCUT2D eigenvalue weighted by molar-refractivity contribution is -0.137. The highest BCUT2D eigenvalue weighted by Gasteiger charge is 2.43. The molecule has 228 valence electrons. The second-order valence-electron chi connectivity index (χ2n) is 10.8. The molecule has 1 saturated heterocycles. The molecule has 2 aliphatic rings. The van der Waals surface area contributed by atoms with Crippen molar-refractivity contribution in [2.24, 2.45) is 5.92 Å². The number of amides is 4. The number of hydrogen-bond donors (Lipinski definition) is 1. The molecule has 4 rings (SSSR count). The van der Waals surface area contributed by atoms with Crippen molar-refractivity contribution in [3.63, 3.8) is 0 Å². The lowest BCUT2D eigenvalue weighted by atomic mass is 9.85. The number of alkyl halides is 3. The van der Waals surface area contributed by atoms with E-state index in [4.69, 9.17) is 0 Å². The van der Waals surface area contributed by atoms with Gasteiger partial charge in [-0.15, -0.1) is 0 Å². The number of alkyl carbamates (subject to hydrolysis) is 1. The van der Waals surface area contributed by atoms with Crippen LogP contribution in [0.3, 0.4) is 0 Å². The summed E-state index contributed by atoms with van der Waals surface area (Å²) in [5.74, 6) is -1.07. The van der Waals surface area contributed by atoms with Crippen molar-refractivity contribution in [3.05, 3.63) is 63.9 Å². The van der Waals surface area contributed by atoms with E-state index < -0.39 is 35.7 Å². The van der Waals surface area contributed by atoms with Crippen LogP contribution in [0.5, 0.6) is 0 Å². The van der Waals surface area contributed by atoms with Crippen molar-refractivity contribution in [3.8, 4) is 0 Å². The topological polar surface area (TPSA) is 82.2 Å². The third-order valence-corrected chi connectivity index (χ3v) is 8.62. The molecule has 1 aliphatic carbocycles. The van der Waals surface area contributed by atoms with Crippen LogP contribution in [0.15, 0.2) is 46.9 Å². The predicted molar refractivity (Wildman–Crippen MR) is 152 cm³/mol. The van der Waals surface area contributed by atoms with Crippen LogP contribution in [-0.4, -0.2) is 74.2 Å². The summed E-state index contributed by atoms with van der Waals surface area (Å²) in [5, 5.41) is 2.77. The SMILES string of the molecule is COC(=O)NC1CCC(C(=O)N2C[C@@H](N(C)C(=O)N(C)c3cc(Br)cc(C(F)(F)F)c3)[C@H](c3ccc(F)cc3)C2)CC1. The van der Waals surface area contributed by atoms with Crippen LogP contribution in [0.2, 0.25) is 0 Å². The molecule has 1 heterocycles. The van der Waals surface area contributed by atoms with E-state index >= 15 is 0 Å². The van der Waals surface area contributed by atoms with Crippen LogP contribution in [-0.2, 0) is 15.7 Å². The number of methoxy groups -OCH3 is 1. The minimum atomic E-state index is -4.59. The van der Waals surface area contributed by atoms with E-state index in [1.165, 1.54) is 37.3 Å². The summed E-state index contributed by atoms with van der Waals surface area (Å²) in [6.07, 6.45) is -2.69. The lowest BCUT2D eigenvalue weighted by Crippen LogP contribution is -2.48. The molecule has 2 fully saturated rings. The second-order valence-corrected chi connectivity index (χ2v) is 11.7. The number of likely N-dealkylation sites (tertiary alicyclic amines) is 1. The van der Waals surface area contributed by atoms with Crippen molar-refractivity contribution in [2.75, 3.05) is 39.2 Å². The number of anilines is 1. The molecule has 0 unspecified atom stereocenters. The predicted octanol–water partition coefficient (Wildman–Crippen LogP) is 6.00. The first-order valence-corrected chi connectivity index (χ1v) is 14.3. The average molecular weight is 658 g/mol. The van der Waals surface area contributed by atoms with Crippen LogP contribution < -0.4 is 10.2 Å². The number of likely N-dealkylation sites (N-methyl/N-ethyl adjacent to an activating group) is 1. The minimum Gasteiger partial charge on any atom is -0.453 e. The van der Waals surface area contributed by atoms with Crippen molar-refractivity contribution in [1.29, 1.82) is 0 Å². The number of carbonyl (C=O) groups excluding carboxylic acids is 3. The molecular formula is C29H33BrF4N4O4. The molecule has 4 amide bonds. The quantitative estimate of drug-likeness (QED) is 0.400. The highest BCUT2D eigenvalue weighted by atomic mass is 79.9. The Morgan fingerprint density at radius 3 is 2.24 bits per heavy atom. The van der Waals surface area contributed by atoms with E-state index in [1.54, 1.807) is 24.1 Å². The van der Waals surface area contributed by atoms with Gasteiger partial charge in [0.15, 0.2) is 0 Å². The van der Waals surface area contributed by atoms with E-state index in [0.717, 1.165) is 22.6 Å². The molecule has 0 bridgehead atoms. The first-order valence-electron chi connectivity index (χ1n) is 13.6. The van der Waals surface area contributed by atoms with Crippen LogP contribution >= 0.6 is 15.9 Å². The third kappa shape index (κ3) is 7.16. The summed E-state index contributed by atoms with van der Waals surface area (Å²) in [6.45, 7) is 0.509. The van der Waals surface area contributed by atoms with Gasteiger partial charge in [-0.3, -0.25) is 9.69 Å². The van der Waals surface area contributed by atoms with Gasteiger partial charge in [-0.1, -0.05) is 28.1 Å². The van der Waals surface area contributed by atoms with E-state index in [2.05, 4.69) is 26.0 Å². The number of halogens is 5. The molecule has 8 nitrogen and oxygen atoms in total. The van der Waals surface area contributed by atoms with Gasteiger partial charge in [0.2, 0.25) is 5.91 Å². The lowest BCUT2D eigenvalue weighted by Gasteiger charge is -2.33. The largest absolute Gasteiger partial charge is 0.453 e. The molecule has 0 spiro atoms. The summed E-state index contributed by atoms with van der Waals surface area (Å²) < 4.78 is 58.8. The fourth-order valence-electron chi connectivity index (χ4n) is 5.79. The van der Waals surface area contributed by atoms with E-state index in [1.807, 2.05) is 0 Å². The number of urea groups is 1. The van der Waals surface area contributed by atoms with Gasteiger partial charge < -0.3 is 19.9 Å². The molecular weight excluding hydrogens is 624 g/mol. The summed E-state index contributed by atoms with van der Waals surface area (Å²) >= 11 is 3.10. The smallest absolute Gasteiger partial charge is 0.416 e. The summed E-state index contributed by atoms with van der Waals surface area (Å²) in [7, 11) is 4.25. The van der Waals surface area contributed by atoms with E-state index in [9.17, 15) is 31.9 Å². The fourth-order valence-corrected chi connectivity index (χ4v) is 6.27. The maximum atomic E-state index is 13.7. The molecule has 2 aromatic carbocycles. The Morgan fingerprint density at radius 1 is 1.00 bits per heavy atom. The van der Waals surface area contributed by atoms with Crippen LogP contribution in [0, 0.1) is 11.7 Å². The number of benzene rings is 2. The maximum absolute atomic E-state index is 13.7. The number of hydrogen-bond acceptors (Lipinski definition) is 4. The summed E-state index contributed by atoms with van der Waals surface area (Å²) in [6, 6.07) is 8.01. The average Bonchev–Trinajstić information content (AvgIpc) is 3.41. The van der Waals surface area contributed by atoms with Gasteiger partial charge in [0, 0.05) is 55.2 Å². The van der Waals surface area contributed by atoms with Crippen molar-refractivity contribution >= 4 is 39.6 Å². The van der Waals surface area contributed by atoms with Gasteiger partial charge in [0.1, 0.15) is 5.82 Å². The highest BCUT2D eigenvalue weighted by Crippen LogP contribution is 2.37. The van der Waals surface area contributed by atoms with Crippen LogP contribution in [0.25, 0.3) is 0 Å². The first-order chi connectivity index (χ1) is 19.8. The number of nitrogens with one attached hydrogen (secondary N) is 1. The first kappa shape index (κ1) is 31.6. The molecule has 42 heavy (non-hydrogen) atoms. The number of rotatable bonds is 5. The van der Waals surface area contributed by atoms with E-state index in [-0.39, 0.29) is 40.5 Å². The number of carbonyl (C=O) groups is 3. The Hall–Kier alpha value is -3.35. The van der Waals surface area contributed by atoms with Gasteiger partial charge >= 0.3 is 18.3 Å². The van der Waals surface area contributed by atoms with Gasteiger partial charge in [-0.2, -0.15) is 13.2 Å². The zero-order valence-corrected chi connectivity index (χ0v) is 25.0. The Bertz CT molecular complexity index is 1300. The number of ether oxygens (including phenoxy) is 1. The van der Waals surface area contributed by atoms with Crippen LogP contribution in [0.4, 0.5) is 32.8 Å². The zero-order valence-electron chi connectivity index (χ0n) is 23.5. The second kappa shape index (κ2) is 12.9. The minimum absolute atomic E-state index is 0.0511. The molecule has 2 aromatic rings. The Kier molecular flexibility index (Phi) is 9.69. The monoisotopic (exact) mass is 656 g/mol. The Labute approximate surface area is 250 Å². The Morgan fingerprint density at radius 2 is 1.64 bits per heavy atom. The maximum Gasteiger partial charge on any atom is 0.416 e. The molecule has 2 atom stereocenters. The zero-order chi connectivity index (χ0) is 30.8. The van der Waals surface area contributed by atoms with Crippen molar-refractivity contribution in [1.82, 2.24) is 15.1 Å². The number of nitrogens with zero attached hydrogens (tertiary/aromatic N) is 3. The molecule has 1 aliphatic heterocycles. The molecule has 13 heteroatoms. The third-order valence-electron chi connectivity index (χ3n) is 8.17. The van der Waals surface area contributed by atoms with Gasteiger partial charge in [-0.25, -0.2) is 14.0 Å². The normalized spacial score (nSPS) is 22.4.